The number of H-pyrrole nitrogens is 1. The lowest BCUT2D eigenvalue weighted by molar-refractivity contribution is -0.115. The molecule has 1 aromatic heterocycles. The minimum atomic E-state index is -0.398. The average molecular weight is 352 g/mol. The van der Waals surface area contributed by atoms with Crippen LogP contribution in [0.3, 0.4) is 0 Å². The fraction of sp³-hybridized carbons (Fsp3) is 0.438. The third-order valence-corrected chi connectivity index (χ3v) is 4.84. The molecule has 2 N–H and O–H groups in total. The molecule has 1 heterocycles. The Kier molecular flexibility index (Phi) is 6.60. The number of hydrogen-bond donors (Lipinski definition) is 2. The van der Waals surface area contributed by atoms with Crippen molar-refractivity contribution < 1.29 is 9.18 Å². The van der Waals surface area contributed by atoms with Gasteiger partial charge in [-0.25, -0.2) is 14.3 Å². The van der Waals surface area contributed by atoms with Crippen LogP contribution in [0.4, 0.5) is 10.1 Å². The first-order valence-corrected chi connectivity index (χ1v) is 8.81. The van der Waals surface area contributed by atoms with Gasteiger partial charge in [0.2, 0.25) is 5.91 Å². The van der Waals surface area contributed by atoms with Crippen molar-refractivity contribution in [2.75, 3.05) is 5.32 Å². The quantitative estimate of drug-likeness (QED) is 0.716. The molecule has 0 aliphatic carbocycles. The third kappa shape index (κ3) is 4.70. The minimum absolute atomic E-state index is 0.202. The zero-order valence-electron chi connectivity index (χ0n) is 13.7. The van der Waals surface area contributed by atoms with E-state index in [0.29, 0.717) is 23.8 Å². The fourth-order valence-electron chi connectivity index (χ4n) is 2.11. The Morgan fingerprint density at radius 2 is 2.08 bits per heavy atom. The summed E-state index contributed by atoms with van der Waals surface area (Å²) in [5, 5.41) is 9.32. The second-order valence-electron chi connectivity index (χ2n) is 5.33. The highest BCUT2D eigenvalue weighted by Gasteiger charge is 2.21. The van der Waals surface area contributed by atoms with E-state index < -0.39 is 5.25 Å². The van der Waals surface area contributed by atoms with Crippen LogP contribution in [-0.2, 0) is 11.3 Å². The van der Waals surface area contributed by atoms with Gasteiger partial charge in [0.05, 0.1) is 5.25 Å². The largest absolute Gasteiger partial charge is 0.343 e. The van der Waals surface area contributed by atoms with E-state index in [9.17, 15) is 14.0 Å². The van der Waals surface area contributed by atoms with Crippen LogP contribution in [0.15, 0.2) is 34.2 Å². The van der Waals surface area contributed by atoms with E-state index in [1.54, 1.807) is 4.57 Å². The lowest BCUT2D eigenvalue weighted by Crippen LogP contribution is -2.25. The van der Waals surface area contributed by atoms with Gasteiger partial charge in [0.1, 0.15) is 5.82 Å². The molecule has 1 amide bonds. The number of rotatable bonds is 8. The first kappa shape index (κ1) is 18.3. The number of amides is 1. The maximum absolute atomic E-state index is 12.9. The predicted octanol–water partition coefficient (Wildman–Crippen LogP) is 3.02. The summed E-state index contributed by atoms with van der Waals surface area (Å²) in [6, 6.07) is 5.60. The normalized spacial score (nSPS) is 12.1. The molecule has 0 radical (unpaired) electrons. The summed E-state index contributed by atoms with van der Waals surface area (Å²) >= 11 is 1.25. The fourth-order valence-corrected chi connectivity index (χ4v) is 3.10. The standard InChI is InChI=1S/C16H21FN4O2S/c1-3-5-10-21-15(23)19-20-16(21)24-13(4-2)14(22)18-12-8-6-11(17)7-9-12/h6-9,13H,3-5,10H2,1-2H3,(H,18,22)(H,19,23). The number of aromatic amines is 1. The number of aromatic nitrogens is 3. The first-order chi connectivity index (χ1) is 11.5. The Morgan fingerprint density at radius 1 is 1.38 bits per heavy atom. The Labute approximate surface area is 143 Å². The van der Waals surface area contributed by atoms with Crippen LogP contribution in [0.25, 0.3) is 0 Å². The van der Waals surface area contributed by atoms with Crippen molar-refractivity contribution >= 4 is 23.4 Å². The van der Waals surface area contributed by atoms with Crippen molar-refractivity contribution in [3.05, 3.63) is 40.6 Å². The Hall–Kier alpha value is -2.09. The van der Waals surface area contributed by atoms with E-state index in [1.165, 1.54) is 36.0 Å². The molecule has 1 atom stereocenters. The molecule has 0 aliphatic heterocycles. The van der Waals surface area contributed by atoms with Crippen LogP contribution in [0.1, 0.15) is 33.1 Å². The van der Waals surface area contributed by atoms with E-state index in [-0.39, 0.29) is 17.4 Å². The van der Waals surface area contributed by atoms with Gasteiger partial charge in [-0.1, -0.05) is 32.0 Å². The molecule has 1 aromatic carbocycles. The van der Waals surface area contributed by atoms with Gasteiger partial charge in [-0.2, -0.15) is 0 Å². The van der Waals surface area contributed by atoms with Crippen LogP contribution in [0.2, 0.25) is 0 Å². The molecule has 0 aliphatic rings. The Bertz CT molecular complexity index is 726. The SMILES string of the molecule is CCCCn1c(SC(CC)C(=O)Nc2ccc(F)cc2)n[nH]c1=O. The summed E-state index contributed by atoms with van der Waals surface area (Å²) in [5.41, 5.74) is 0.269. The average Bonchev–Trinajstić information content (AvgIpc) is 2.92. The second-order valence-corrected chi connectivity index (χ2v) is 6.50. The van der Waals surface area contributed by atoms with Crippen LogP contribution >= 0.6 is 11.8 Å². The summed E-state index contributed by atoms with van der Waals surface area (Å²) in [6.45, 7) is 4.51. The van der Waals surface area contributed by atoms with Crippen molar-refractivity contribution in [2.45, 2.75) is 50.1 Å². The minimum Gasteiger partial charge on any atom is -0.325 e. The molecule has 24 heavy (non-hydrogen) atoms. The van der Waals surface area contributed by atoms with E-state index in [2.05, 4.69) is 15.5 Å². The van der Waals surface area contributed by atoms with Gasteiger partial charge in [0, 0.05) is 12.2 Å². The van der Waals surface area contributed by atoms with Gasteiger partial charge in [-0.05, 0) is 37.1 Å². The summed E-state index contributed by atoms with van der Waals surface area (Å²) in [5.74, 6) is -0.558. The van der Waals surface area contributed by atoms with E-state index in [1.807, 2.05) is 13.8 Å². The monoisotopic (exact) mass is 352 g/mol. The van der Waals surface area contributed by atoms with Crippen molar-refractivity contribution in [2.24, 2.45) is 0 Å². The van der Waals surface area contributed by atoms with Crippen LogP contribution in [0.5, 0.6) is 0 Å². The van der Waals surface area contributed by atoms with E-state index in [0.717, 1.165) is 12.8 Å². The molecule has 0 spiro atoms. The van der Waals surface area contributed by atoms with Gasteiger partial charge in [0.15, 0.2) is 5.16 Å². The van der Waals surface area contributed by atoms with Gasteiger partial charge < -0.3 is 5.32 Å². The highest BCUT2D eigenvalue weighted by Crippen LogP contribution is 2.24. The lowest BCUT2D eigenvalue weighted by Gasteiger charge is -2.14. The van der Waals surface area contributed by atoms with E-state index >= 15 is 0 Å². The number of anilines is 1. The zero-order chi connectivity index (χ0) is 17.5. The molecule has 0 fully saturated rings. The maximum atomic E-state index is 12.9. The number of halogens is 1. The summed E-state index contributed by atoms with van der Waals surface area (Å²) < 4.78 is 14.5. The second kappa shape index (κ2) is 8.68. The number of hydrogen-bond acceptors (Lipinski definition) is 4. The molecule has 2 rings (SSSR count). The molecule has 0 bridgehead atoms. The number of nitrogens with zero attached hydrogens (tertiary/aromatic N) is 2. The van der Waals surface area contributed by atoms with Gasteiger partial charge in [-0.15, -0.1) is 5.10 Å². The maximum Gasteiger partial charge on any atom is 0.343 e. The smallest absolute Gasteiger partial charge is 0.325 e. The molecule has 130 valence electrons. The lowest BCUT2D eigenvalue weighted by atomic mass is 10.2. The van der Waals surface area contributed by atoms with Crippen LogP contribution < -0.4 is 11.0 Å². The highest BCUT2D eigenvalue weighted by molar-refractivity contribution is 8.00. The molecular formula is C16H21FN4O2S. The Morgan fingerprint density at radius 3 is 2.71 bits per heavy atom. The third-order valence-electron chi connectivity index (χ3n) is 3.48. The van der Waals surface area contributed by atoms with Crippen molar-refractivity contribution in [3.63, 3.8) is 0 Å². The first-order valence-electron chi connectivity index (χ1n) is 7.93. The molecule has 1 unspecified atom stereocenters. The topological polar surface area (TPSA) is 79.8 Å². The van der Waals surface area contributed by atoms with Gasteiger partial charge in [-0.3, -0.25) is 9.36 Å². The molecule has 2 aromatic rings. The number of carbonyl (C=O) groups is 1. The number of benzene rings is 1. The van der Waals surface area contributed by atoms with E-state index in [4.69, 9.17) is 0 Å². The summed E-state index contributed by atoms with van der Waals surface area (Å²) in [7, 11) is 0. The van der Waals surface area contributed by atoms with Crippen molar-refractivity contribution in [1.82, 2.24) is 14.8 Å². The van der Waals surface area contributed by atoms with Crippen molar-refractivity contribution in [3.8, 4) is 0 Å². The van der Waals surface area contributed by atoms with Crippen LogP contribution in [0, 0.1) is 5.82 Å². The van der Waals surface area contributed by atoms with Crippen molar-refractivity contribution in [1.29, 1.82) is 0 Å². The molecule has 6 nitrogen and oxygen atoms in total. The molecular weight excluding hydrogens is 331 g/mol. The summed E-state index contributed by atoms with van der Waals surface area (Å²) in [4.78, 5) is 24.2. The van der Waals surface area contributed by atoms with Gasteiger partial charge in [0.25, 0.3) is 0 Å². The predicted molar refractivity (Wildman–Crippen MR) is 92.7 cm³/mol. The molecule has 0 saturated carbocycles. The Balaban J connectivity index is 2.07. The van der Waals surface area contributed by atoms with Gasteiger partial charge >= 0.3 is 5.69 Å². The molecule has 8 heteroatoms. The van der Waals surface area contributed by atoms with Crippen LogP contribution in [-0.4, -0.2) is 25.9 Å². The number of nitrogens with one attached hydrogen (secondary N) is 2. The zero-order valence-corrected chi connectivity index (χ0v) is 14.5. The number of carbonyl (C=O) groups excluding carboxylic acids is 1. The summed E-state index contributed by atoms with van der Waals surface area (Å²) in [6.07, 6.45) is 2.40. The number of thioether (sulfide) groups is 1. The molecule has 0 saturated heterocycles. The highest BCUT2D eigenvalue weighted by atomic mass is 32.2. The number of unbranched alkanes of at least 4 members (excludes halogenated alkanes) is 1.